The fraction of sp³-hybridized carbons (Fsp3) is 0.538. The van der Waals surface area contributed by atoms with Crippen molar-refractivity contribution in [2.45, 2.75) is 44.4 Å². The van der Waals surface area contributed by atoms with Gasteiger partial charge >= 0.3 is 0 Å². The Balaban J connectivity index is 2.82. The zero-order valence-electron chi connectivity index (χ0n) is 11.5. The van der Waals surface area contributed by atoms with E-state index in [1.807, 2.05) is 0 Å². The quantitative estimate of drug-likeness (QED) is 0.593. The van der Waals surface area contributed by atoms with Gasteiger partial charge in [0, 0.05) is 17.3 Å². The Bertz CT molecular complexity index is 527. The number of primary sulfonamides is 1. The van der Waals surface area contributed by atoms with E-state index in [0.29, 0.717) is 23.6 Å². The average Bonchev–Trinajstić information content (AvgIpc) is 2.31. The first-order valence-electron chi connectivity index (χ1n) is 6.42. The fourth-order valence-electron chi connectivity index (χ4n) is 1.84. The number of unbranched alkanes of at least 4 members (excludes halogenated alkanes) is 3. The van der Waals surface area contributed by atoms with Crippen molar-refractivity contribution in [2.24, 2.45) is 5.14 Å². The van der Waals surface area contributed by atoms with Gasteiger partial charge in [0.1, 0.15) is 5.75 Å². The van der Waals surface area contributed by atoms with Gasteiger partial charge in [0.15, 0.2) is 0 Å². The number of hydrogen-bond acceptors (Lipinski definition) is 4. The number of nitrogens with two attached hydrogens (primary N) is 2. The van der Waals surface area contributed by atoms with Crippen LogP contribution in [0.4, 0.5) is 5.69 Å². The van der Waals surface area contributed by atoms with E-state index in [-0.39, 0.29) is 4.90 Å². The average molecular weight is 286 g/mol. The molecule has 0 atom stereocenters. The molecule has 108 valence electrons. The van der Waals surface area contributed by atoms with E-state index in [1.54, 1.807) is 13.0 Å². The number of anilines is 1. The third-order valence-electron chi connectivity index (χ3n) is 2.90. The topological polar surface area (TPSA) is 95.4 Å². The molecule has 0 aliphatic heterocycles. The third-order valence-corrected chi connectivity index (χ3v) is 3.93. The minimum absolute atomic E-state index is 0.0241. The number of sulfonamides is 1. The van der Waals surface area contributed by atoms with E-state index in [2.05, 4.69) is 6.92 Å². The molecule has 0 bridgehead atoms. The number of hydrogen-bond donors (Lipinski definition) is 2. The number of rotatable bonds is 7. The van der Waals surface area contributed by atoms with Crippen LogP contribution in [0.5, 0.6) is 5.75 Å². The minimum atomic E-state index is -3.78. The lowest BCUT2D eigenvalue weighted by Crippen LogP contribution is -2.15. The van der Waals surface area contributed by atoms with Gasteiger partial charge in [-0.2, -0.15) is 0 Å². The molecule has 1 aromatic carbocycles. The largest absolute Gasteiger partial charge is 0.493 e. The summed E-state index contributed by atoms with van der Waals surface area (Å²) >= 11 is 0. The van der Waals surface area contributed by atoms with Crippen molar-refractivity contribution < 1.29 is 13.2 Å². The summed E-state index contributed by atoms with van der Waals surface area (Å²) in [7, 11) is -3.78. The summed E-state index contributed by atoms with van der Waals surface area (Å²) in [6, 6.07) is 2.98. The van der Waals surface area contributed by atoms with Gasteiger partial charge in [-0.25, -0.2) is 13.6 Å². The highest BCUT2D eigenvalue weighted by Gasteiger charge is 2.16. The highest BCUT2D eigenvalue weighted by atomic mass is 32.2. The van der Waals surface area contributed by atoms with Crippen molar-refractivity contribution in [3.63, 3.8) is 0 Å². The molecular formula is C13H22N2O3S. The molecule has 4 N–H and O–H groups in total. The first-order chi connectivity index (χ1) is 8.86. The second kappa shape index (κ2) is 6.77. The zero-order chi connectivity index (χ0) is 14.5. The van der Waals surface area contributed by atoms with Crippen LogP contribution in [-0.2, 0) is 10.0 Å². The van der Waals surface area contributed by atoms with Crippen molar-refractivity contribution in [1.82, 2.24) is 0 Å². The summed E-state index contributed by atoms with van der Waals surface area (Å²) in [5, 5.41) is 5.15. The molecule has 0 spiro atoms. The van der Waals surface area contributed by atoms with Gasteiger partial charge < -0.3 is 10.5 Å². The molecule has 0 unspecified atom stereocenters. The van der Waals surface area contributed by atoms with Gasteiger partial charge in [-0.3, -0.25) is 0 Å². The van der Waals surface area contributed by atoms with Crippen molar-refractivity contribution in [3.05, 3.63) is 17.7 Å². The van der Waals surface area contributed by atoms with E-state index in [9.17, 15) is 8.42 Å². The van der Waals surface area contributed by atoms with E-state index in [4.69, 9.17) is 15.6 Å². The first kappa shape index (κ1) is 15.8. The molecule has 1 rings (SSSR count). The van der Waals surface area contributed by atoms with Crippen LogP contribution in [-0.4, -0.2) is 15.0 Å². The van der Waals surface area contributed by atoms with Gasteiger partial charge in [0.2, 0.25) is 10.0 Å². The molecule has 0 heterocycles. The highest BCUT2D eigenvalue weighted by Crippen LogP contribution is 2.28. The highest BCUT2D eigenvalue weighted by molar-refractivity contribution is 7.89. The lowest BCUT2D eigenvalue weighted by molar-refractivity contribution is 0.302. The number of nitrogen functional groups attached to an aromatic ring is 1. The molecule has 0 fully saturated rings. The Morgan fingerprint density at radius 1 is 1.21 bits per heavy atom. The Labute approximate surface area is 115 Å². The summed E-state index contributed by atoms with van der Waals surface area (Å²) < 4.78 is 28.5. The van der Waals surface area contributed by atoms with E-state index in [0.717, 1.165) is 19.3 Å². The Kier molecular flexibility index (Phi) is 5.62. The predicted octanol–water partition coefficient (Wildman–Crippen LogP) is 2.18. The molecule has 0 aliphatic rings. The van der Waals surface area contributed by atoms with E-state index in [1.165, 1.54) is 12.5 Å². The number of ether oxygens (including phenoxy) is 1. The van der Waals surface area contributed by atoms with Gasteiger partial charge in [-0.1, -0.05) is 26.2 Å². The standard InChI is InChI=1S/C13H22N2O3S/c1-3-4-5-6-7-18-12-8-11(14)9-13(10(12)2)19(15,16)17/h8-9H,3-7,14H2,1-2H3,(H2,15,16,17). The maximum atomic E-state index is 11.4. The van der Waals surface area contributed by atoms with Gasteiger partial charge in [0.05, 0.1) is 11.5 Å². The van der Waals surface area contributed by atoms with Gasteiger partial charge in [-0.15, -0.1) is 0 Å². The fourth-order valence-corrected chi connectivity index (χ4v) is 2.67. The van der Waals surface area contributed by atoms with E-state index < -0.39 is 10.0 Å². The third kappa shape index (κ3) is 4.72. The summed E-state index contributed by atoms with van der Waals surface area (Å²) in [5.74, 6) is 0.487. The Morgan fingerprint density at radius 3 is 2.47 bits per heavy atom. The maximum Gasteiger partial charge on any atom is 0.238 e. The molecule has 5 nitrogen and oxygen atoms in total. The minimum Gasteiger partial charge on any atom is -0.493 e. The SMILES string of the molecule is CCCCCCOc1cc(N)cc(S(N)(=O)=O)c1C. The van der Waals surface area contributed by atoms with Crippen LogP contribution in [0.25, 0.3) is 0 Å². The van der Waals surface area contributed by atoms with Crippen molar-refractivity contribution >= 4 is 15.7 Å². The molecule has 0 saturated heterocycles. The molecule has 0 saturated carbocycles. The summed E-state index contributed by atoms with van der Waals surface area (Å²) in [4.78, 5) is 0.0241. The molecular weight excluding hydrogens is 264 g/mol. The lowest BCUT2D eigenvalue weighted by Gasteiger charge is -2.13. The first-order valence-corrected chi connectivity index (χ1v) is 7.96. The van der Waals surface area contributed by atoms with Crippen LogP contribution in [0.1, 0.15) is 38.2 Å². The monoisotopic (exact) mass is 286 g/mol. The zero-order valence-corrected chi connectivity index (χ0v) is 12.3. The molecule has 0 aliphatic carbocycles. The Morgan fingerprint density at radius 2 is 1.89 bits per heavy atom. The van der Waals surface area contributed by atoms with Crippen LogP contribution < -0.4 is 15.6 Å². The lowest BCUT2D eigenvalue weighted by atomic mass is 10.2. The molecule has 1 aromatic rings. The van der Waals surface area contributed by atoms with Crippen LogP contribution in [0, 0.1) is 6.92 Å². The van der Waals surface area contributed by atoms with E-state index >= 15 is 0 Å². The smallest absolute Gasteiger partial charge is 0.238 e. The van der Waals surface area contributed by atoms with Crippen LogP contribution >= 0.6 is 0 Å². The van der Waals surface area contributed by atoms with Gasteiger partial charge in [0.25, 0.3) is 0 Å². The van der Waals surface area contributed by atoms with Crippen LogP contribution in [0.15, 0.2) is 17.0 Å². The molecule has 6 heteroatoms. The summed E-state index contributed by atoms with van der Waals surface area (Å²) in [6.45, 7) is 4.36. The van der Waals surface area contributed by atoms with Crippen molar-refractivity contribution in [1.29, 1.82) is 0 Å². The molecule has 0 amide bonds. The van der Waals surface area contributed by atoms with Crippen molar-refractivity contribution in [3.8, 4) is 5.75 Å². The second-order valence-electron chi connectivity index (χ2n) is 4.60. The Hall–Kier alpha value is -1.27. The maximum absolute atomic E-state index is 11.4. The predicted molar refractivity (Wildman–Crippen MR) is 76.6 cm³/mol. The summed E-state index contributed by atoms with van der Waals surface area (Å²) in [6.07, 6.45) is 4.36. The summed E-state index contributed by atoms with van der Waals surface area (Å²) in [5.41, 5.74) is 6.52. The van der Waals surface area contributed by atoms with Crippen LogP contribution in [0.2, 0.25) is 0 Å². The molecule has 19 heavy (non-hydrogen) atoms. The molecule has 0 radical (unpaired) electrons. The normalized spacial score (nSPS) is 11.5. The van der Waals surface area contributed by atoms with Gasteiger partial charge in [-0.05, 0) is 19.4 Å². The van der Waals surface area contributed by atoms with Crippen LogP contribution in [0.3, 0.4) is 0 Å². The molecule has 0 aromatic heterocycles. The number of benzene rings is 1. The second-order valence-corrected chi connectivity index (χ2v) is 6.13. The van der Waals surface area contributed by atoms with Crippen molar-refractivity contribution in [2.75, 3.05) is 12.3 Å².